The SMILES string of the molecule is N#Cc1c(-c2cc(F)ccc2F)cc(-c2cccc([N+](=O)[O-])c2)[nH]c1=O. The minimum absolute atomic E-state index is 0.102. The van der Waals surface area contributed by atoms with Gasteiger partial charge >= 0.3 is 0 Å². The Labute approximate surface area is 145 Å². The molecule has 0 fully saturated rings. The van der Waals surface area contributed by atoms with Crippen LogP contribution in [0.2, 0.25) is 0 Å². The summed E-state index contributed by atoms with van der Waals surface area (Å²) in [6, 6.07) is 11.1. The number of aromatic amines is 1. The number of halogens is 2. The molecule has 8 heteroatoms. The van der Waals surface area contributed by atoms with Crippen LogP contribution in [0.3, 0.4) is 0 Å². The highest BCUT2D eigenvalue weighted by atomic mass is 19.1. The van der Waals surface area contributed by atoms with Crippen LogP contribution in [-0.4, -0.2) is 9.91 Å². The summed E-state index contributed by atoms with van der Waals surface area (Å²) in [5.74, 6) is -1.54. The minimum Gasteiger partial charge on any atom is -0.321 e. The smallest absolute Gasteiger partial charge is 0.270 e. The third-order valence-corrected chi connectivity index (χ3v) is 3.73. The first kappa shape index (κ1) is 17.0. The van der Waals surface area contributed by atoms with E-state index in [1.165, 1.54) is 30.3 Å². The number of hydrogen-bond acceptors (Lipinski definition) is 4. The Morgan fingerprint density at radius 1 is 1.08 bits per heavy atom. The summed E-state index contributed by atoms with van der Waals surface area (Å²) in [6.07, 6.45) is 0. The Morgan fingerprint density at radius 3 is 2.54 bits per heavy atom. The molecule has 0 atom stereocenters. The first-order valence-corrected chi connectivity index (χ1v) is 7.28. The number of nitro groups is 1. The van der Waals surface area contributed by atoms with Gasteiger partial charge in [0.1, 0.15) is 23.3 Å². The van der Waals surface area contributed by atoms with E-state index in [9.17, 15) is 29.0 Å². The van der Waals surface area contributed by atoms with Gasteiger partial charge in [0.25, 0.3) is 11.2 Å². The van der Waals surface area contributed by atoms with Gasteiger partial charge in [-0.3, -0.25) is 14.9 Å². The number of nitrogens with zero attached hydrogens (tertiary/aromatic N) is 2. The molecule has 128 valence electrons. The van der Waals surface area contributed by atoms with Gasteiger partial charge in [0.2, 0.25) is 0 Å². The highest BCUT2D eigenvalue weighted by molar-refractivity contribution is 5.76. The normalized spacial score (nSPS) is 10.3. The van der Waals surface area contributed by atoms with E-state index in [0.29, 0.717) is 5.56 Å². The van der Waals surface area contributed by atoms with Crippen LogP contribution >= 0.6 is 0 Å². The van der Waals surface area contributed by atoms with Gasteiger partial charge in [-0.05, 0) is 24.3 Å². The van der Waals surface area contributed by atoms with Crippen LogP contribution in [0.1, 0.15) is 5.56 Å². The molecule has 0 amide bonds. The number of pyridine rings is 1. The van der Waals surface area contributed by atoms with E-state index >= 15 is 0 Å². The molecule has 1 aromatic heterocycles. The Morgan fingerprint density at radius 2 is 1.85 bits per heavy atom. The fraction of sp³-hybridized carbons (Fsp3) is 0. The van der Waals surface area contributed by atoms with Crippen molar-refractivity contribution in [3.8, 4) is 28.5 Å². The van der Waals surface area contributed by atoms with Crippen molar-refractivity contribution in [1.29, 1.82) is 5.26 Å². The summed E-state index contributed by atoms with van der Waals surface area (Å²) in [6.45, 7) is 0. The fourth-order valence-electron chi connectivity index (χ4n) is 2.53. The van der Waals surface area contributed by atoms with Gasteiger partial charge < -0.3 is 4.98 Å². The molecule has 1 heterocycles. The zero-order valence-corrected chi connectivity index (χ0v) is 13.0. The molecule has 0 saturated heterocycles. The Hall–Kier alpha value is -3.86. The van der Waals surface area contributed by atoms with Crippen LogP contribution in [0.5, 0.6) is 0 Å². The average Bonchev–Trinajstić information content (AvgIpc) is 2.63. The van der Waals surface area contributed by atoms with Gasteiger partial charge in [0.15, 0.2) is 0 Å². The number of hydrogen-bond donors (Lipinski definition) is 1. The summed E-state index contributed by atoms with van der Waals surface area (Å²) in [5.41, 5.74) is -1.32. The molecule has 0 aliphatic carbocycles. The quantitative estimate of drug-likeness (QED) is 0.572. The van der Waals surface area contributed by atoms with E-state index in [-0.39, 0.29) is 28.1 Å². The lowest BCUT2D eigenvalue weighted by atomic mass is 9.98. The van der Waals surface area contributed by atoms with Gasteiger partial charge in [-0.2, -0.15) is 5.26 Å². The predicted octanol–water partition coefficient (Wildman–Crippen LogP) is 3.77. The largest absolute Gasteiger partial charge is 0.321 e. The zero-order valence-electron chi connectivity index (χ0n) is 13.0. The van der Waals surface area contributed by atoms with Crippen LogP contribution in [0.25, 0.3) is 22.4 Å². The number of rotatable bonds is 3. The van der Waals surface area contributed by atoms with Gasteiger partial charge in [0, 0.05) is 34.5 Å². The van der Waals surface area contributed by atoms with Gasteiger partial charge in [-0.25, -0.2) is 8.78 Å². The van der Waals surface area contributed by atoms with E-state index in [1.807, 2.05) is 0 Å². The standard InChI is InChI=1S/C18H9F2N3O3/c19-11-4-5-16(20)14(7-11)13-8-17(22-18(24)15(13)9-21)10-2-1-3-12(6-10)23(25)26/h1-8H,(H,22,24). The highest BCUT2D eigenvalue weighted by Gasteiger charge is 2.17. The summed E-state index contributed by atoms with van der Waals surface area (Å²) < 4.78 is 27.7. The van der Waals surface area contributed by atoms with Crippen molar-refractivity contribution in [2.24, 2.45) is 0 Å². The molecule has 0 unspecified atom stereocenters. The molecule has 0 spiro atoms. The second-order valence-electron chi connectivity index (χ2n) is 5.34. The first-order chi connectivity index (χ1) is 12.4. The maximum Gasteiger partial charge on any atom is 0.270 e. The topological polar surface area (TPSA) is 99.8 Å². The third kappa shape index (κ3) is 3.06. The van der Waals surface area contributed by atoms with Crippen molar-refractivity contribution >= 4 is 5.69 Å². The molecule has 1 N–H and O–H groups in total. The molecule has 26 heavy (non-hydrogen) atoms. The second-order valence-corrected chi connectivity index (χ2v) is 5.34. The zero-order chi connectivity index (χ0) is 18.8. The molecule has 0 aliphatic rings. The number of nitro benzene ring substituents is 1. The lowest BCUT2D eigenvalue weighted by Gasteiger charge is -2.09. The van der Waals surface area contributed by atoms with Crippen LogP contribution in [-0.2, 0) is 0 Å². The maximum absolute atomic E-state index is 14.1. The Bertz CT molecular complexity index is 1130. The number of nitriles is 1. The number of aromatic nitrogens is 1. The highest BCUT2D eigenvalue weighted by Crippen LogP contribution is 2.29. The molecule has 0 radical (unpaired) electrons. The molecule has 0 saturated carbocycles. The van der Waals surface area contributed by atoms with Crippen molar-refractivity contribution < 1.29 is 13.7 Å². The second kappa shape index (κ2) is 6.57. The van der Waals surface area contributed by atoms with Crippen LogP contribution < -0.4 is 5.56 Å². The average molecular weight is 353 g/mol. The molecule has 2 aromatic carbocycles. The summed E-state index contributed by atoms with van der Waals surface area (Å²) in [7, 11) is 0. The maximum atomic E-state index is 14.1. The lowest BCUT2D eigenvalue weighted by Crippen LogP contribution is -2.13. The third-order valence-electron chi connectivity index (χ3n) is 3.73. The fourth-order valence-corrected chi connectivity index (χ4v) is 2.53. The molecular weight excluding hydrogens is 344 g/mol. The number of non-ortho nitro benzene ring substituents is 1. The van der Waals surface area contributed by atoms with E-state index < -0.39 is 22.1 Å². The van der Waals surface area contributed by atoms with Crippen molar-refractivity contribution in [2.75, 3.05) is 0 Å². The lowest BCUT2D eigenvalue weighted by molar-refractivity contribution is -0.384. The monoisotopic (exact) mass is 353 g/mol. The predicted molar refractivity (Wildman–Crippen MR) is 89.2 cm³/mol. The minimum atomic E-state index is -0.810. The molecule has 6 nitrogen and oxygen atoms in total. The summed E-state index contributed by atoms with van der Waals surface area (Å²) >= 11 is 0. The van der Waals surface area contributed by atoms with Gasteiger partial charge in [-0.15, -0.1) is 0 Å². The van der Waals surface area contributed by atoms with Crippen molar-refractivity contribution in [3.05, 3.63) is 86.2 Å². The van der Waals surface area contributed by atoms with Crippen molar-refractivity contribution in [3.63, 3.8) is 0 Å². The molecule has 3 aromatic rings. The summed E-state index contributed by atoms with van der Waals surface area (Å²) in [5, 5.41) is 20.1. The van der Waals surface area contributed by atoms with Crippen LogP contribution in [0.15, 0.2) is 53.3 Å². The molecule has 0 aliphatic heterocycles. The Balaban J connectivity index is 2.28. The number of H-pyrrole nitrogens is 1. The molecule has 0 bridgehead atoms. The first-order valence-electron chi connectivity index (χ1n) is 7.28. The van der Waals surface area contributed by atoms with Gasteiger partial charge in [0.05, 0.1) is 4.92 Å². The van der Waals surface area contributed by atoms with Crippen molar-refractivity contribution in [1.82, 2.24) is 4.98 Å². The van der Waals surface area contributed by atoms with E-state index in [4.69, 9.17) is 0 Å². The van der Waals surface area contributed by atoms with Crippen molar-refractivity contribution in [2.45, 2.75) is 0 Å². The molecule has 3 rings (SSSR count). The Kier molecular flexibility index (Phi) is 4.29. The number of benzene rings is 2. The molecular formula is C18H9F2N3O3. The van der Waals surface area contributed by atoms with E-state index in [0.717, 1.165) is 18.2 Å². The van der Waals surface area contributed by atoms with Crippen LogP contribution in [0, 0.1) is 33.1 Å². The van der Waals surface area contributed by atoms with E-state index in [2.05, 4.69) is 4.98 Å². The summed E-state index contributed by atoms with van der Waals surface area (Å²) in [4.78, 5) is 25.0. The van der Waals surface area contributed by atoms with Crippen LogP contribution in [0.4, 0.5) is 14.5 Å². The van der Waals surface area contributed by atoms with Gasteiger partial charge in [-0.1, -0.05) is 12.1 Å². The number of nitrogens with one attached hydrogen (secondary N) is 1. The van der Waals surface area contributed by atoms with E-state index in [1.54, 1.807) is 6.07 Å².